The summed E-state index contributed by atoms with van der Waals surface area (Å²) in [6, 6.07) is 8.53. The van der Waals surface area contributed by atoms with Crippen molar-refractivity contribution >= 4 is 16.5 Å². The quantitative estimate of drug-likeness (QED) is 0.771. The number of rotatable bonds is 1. The highest BCUT2D eigenvalue weighted by Gasteiger charge is 2.28. The Hall–Kier alpha value is -1.35. The average Bonchev–Trinajstić information content (AvgIpc) is 2.54. The molecule has 14 heavy (non-hydrogen) atoms. The standard InChI is InChI=1S/C11H10N2S/c12-11-13-10(6-14-11)9-5-7-3-1-2-4-8(7)9/h1-4,6,9H,5H2,(H2,12,13). The maximum absolute atomic E-state index is 5.62. The predicted molar refractivity (Wildman–Crippen MR) is 58.5 cm³/mol. The van der Waals surface area contributed by atoms with Gasteiger partial charge in [0.05, 0.1) is 5.69 Å². The van der Waals surface area contributed by atoms with Gasteiger partial charge in [0.2, 0.25) is 0 Å². The molecule has 1 aliphatic carbocycles. The molecule has 0 aliphatic heterocycles. The third kappa shape index (κ3) is 1.06. The number of anilines is 1. The highest BCUT2D eigenvalue weighted by molar-refractivity contribution is 7.13. The first-order valence-corrected chi connectivity index (χ1v) is 5.51. The van der Waals surface area contributed by atoms with Gasteiger partial charge in [0.15, 0.2) is 5.13 Å². The van der Waals surface area contributed by atoms with Gasteiger partial charge >= 0.3 is 0 Å². The SMILES string of the molecule is Nc1nc(C2Cc3ccccc32)cs1. The van der Waals surface area contributed by atoms with Gasteiger partial charge in [-0.25, -0.2) is 4.98 Å². The normalized spacial score (nSPS) is 18.7. The summed E-state index contributed by atoms with van der Waals surface area (Å²) in [4.78, 5) is 4.33. The minimum absolute atomic E-state index is 0.486. The number of benzene rings is 1. The highest BCUT2D eigenvalue weighted by Crippen LogP contribution is 2.40. The van der Waals surface area contributed by atoms with Gasteiger partial charge in [-0.2, -0.15) is 0 Å². The van der Waals surface area contributed by atoms with Gasteiger partial charge in [-0.15, -0.1) is 11.3 Å². The molecule has 0 saturated heterocycles. The Labute approximate surface area is 86.4 Å². The number of hydrogen-bond donors (Lipinski definition) is 1. The number of nitrogens with two attached hydrogens (primary N) is 1. The highest BCUT2D eigenvalue weighted by atomic mass is 32.1. The van der Waals surface area contributed by atoms with E-state index in [1.54, 1.807) is 0 Å². The Kier molecular flexibility index (Phi) is 1.61. The van der Waals surface area contributed by atoms with Crippen molar-refractivity contribution in [2.24, 2.45) is 0 Å². The van der Waals surface area contributed by atoms with Gasteiger partial charge in [0.25, 0.3) is 0 Å². The molecule has 1 aromatic heterocycles. The zero-order valence-electron chi connectivity index (χ0n) is 7.60. The van der Waals surface area contributed by atoms with Crippen LogP contribution in [0.5, 0.6) is 0 Å². The molecule has 2 nitrogen and oxygen atoms in total. The summed E-state index contributed by atoms with van der Waals surface area (Å²) in [6.45, 7) is 0. The van der Waals surface area contributed by atoms with Gasteiger partial charge in [0.1, 0.15) is 0 Å². The summed E-state index contributed by atoms with van der Waals surface area (Å²) in [5, 5.41) is 2.74. The molecule has 1 unspecified atom stereocenters. The zero-order valence-corrected chi connectivity index (χ0v) is 8.42. The predicted octanol–water partition coefficient (Wildman–Crippen LogP) is 2.41. The summed E-state index contributed by atoms with van der Waals surface area (Å²) in [5.41, 5.74) is 9.62. The number of nitrogens with zero attached hydrogens (tertiary/aromatic N) is 1. The topological polar surface area (TPSA) is 38.9 Å². The fourth-order valence-electron chi connectivity index (χ4n) is 1.98. The maximum Gasteiger partial charge on any atom is 0.180 e. The second-order valence-electron chi connectivity index (χ2n) is 3.57. The van der Waals surface area contributed by atoms with Gasteiger partial charge in [0, 0.05) is 11.3 Å². The van der Waals surface area contributed by atoms with Crippen LogP contribution < -0.4 is 5.73 Å². The molecular weight excluding hydrogens is 192 g/mol. The first-order chi connectivity index (χ1) is 6.84. The molecule has 0 saturated carbocycles. The second-order valence-corrected chi connectivity index (χ2v) is 4.46. The first kappa shape index (κ1) is 8.00. The number of nitrogen functional groups attached to an aromatic ring is 1. The van der Waals surface area contributed by atoms with Crippen LogP contribution >= 0.6 is 11.3 Å². The van der Waals surface area contributed by atoms with E-state index in [4.69, 9.17) is 5.73 Å². The van der Waals surface area contributed by atoms with E-state index in [0.717, 1.165) is 12.1 Å². The van der Waals surface area contributed by atoms with Crippen molar-refractivity contribution in [3.8, 4) is 0 Å². The van der Waals surface area contributed by atoms with E-state index < -0.39 is 0 Å². The molecule has 0 amide bonds. The molecule has 3 rings (SSSR count). The largest absolute Gasteiger partial charge is 0.375 e. The Balaban J connectivity index is 1.99. The number of fused-ring (bicyclic) bond motifs is 1. The van der Waals surface area contributed by atoms with E-state index in [0.29, 0.717) is 11.0 Å². The van der Waals surface area contributed by atoms with Gasteiger partial charge in [-0.05, 0) is 17.5 Å². The van der Waals surface area contributed by atoms with Crippen LogP contribution in [-0.4, -0.2) is 4.98 Å². The van der Waals surface area contributed by atoms with Crippen LogP contribution in [0.25, 0.3) is 0 Å². The second kappa shape index (κ2) is 2.82. The Morgan fingerprint density at radius 2 is 2.21 bits per heavy atom. The Morgan fingerprint density at radius 1 is 1.36 bits per heavy atom. The fraction of sp³-hybridized carbons (Fsp3) is 0.182. The first-order valence-electron chi connectivity index (χ1n) is 4.63. The molecule has 0 radical (unpaired) electrons. The minimum atomic E-state index is 0.486. The Bertz CT molecular complexity index is 476. The summed E-state index contributed by atoms with van der Waals surface area (Å²) in [6.07, 6.45) is 1.11. The molecule has 1 heterocycles. The van der Waals surface area contributed by atoms with Crippen molar-refractivity contribution in [2.75, 3.05) is 5.73 Å². The van der Waals surface area contributed by atoms with Crippen LogP contribution in [0.1, 0.15) is 22.7 Å². The Morgan fingerprint density at radius 3 is 2.93 bits per heavy atom. The monoisotopic (exact) mass is 202 g/mol. The lowest BCUT2D eigenvalue weighted by Gasteiger charge is -2.28. The summed E-state index contributed by atoms with van der Waals surface area (Å²) >= 11 is 1.52. The molecule has 2 N–H and O–H groups in total. The van der Waals surface area contributed by atoms with Crippen LogP contribution in [0.3, 0.4) is 0 Å². The zero-order chi connectivity index (χ0) is 9.54. The third-order valence-electron chi connectivity index (χ3n) is 2.75. The molecular formula is C11H10N2S. The molecule has 70 valence electrons. The van der Waals surface area contributed by atoms with Crippen molar-refractivity contribution in [1.29, 1.82) is 0 Å². The van der Waals surface area contributed by atoms with Crippen molar-refractivity contribution in [3.63, 3.8) is 0 Å². The molecule has 1 aromatic carbocycles. The van der Waals surface area contributed by atoms with Crippen LogP contribution in [0.4, 0.5) is 5.13 Å². The van der Waals surface area contributed by atoms with Gasteiger partial charge in [-0.1, -0.05) is 24.3 Å². The van der Waals surface area contributed by atoms with Gasteiger partial charge in [-0.3, -0.25) is 0 Å². The van der Waals surface area contributed by atoms with E-state index in [2.05, 4.69) is 34.6 Å². The number of aromatic nitrogens is 1. The van der Waals surface area contributed by atoms with Crippen LogP contribution in [0, 0.1) is 0 Å². The van der Waals surface area contributed by atoms with Crippen molar-refractivity contribution < 1.29 is 0 Å². The van der Waals surface area contributed by atoms with E-state index in [-0.39, 0.29) is 0 Å². The lowest BCUT2D eigenvalue weighted by Crippen LogP contribution is -2.18. The van der Waals surface area contributed by atoms with Gasteiger partial charge < -0.3 is 5.73 Å². The van der Waals surface area contributed by atoms with Crippen molar-refractivity contribution in [2.45, 2.75) is 12.3 Å². The van der Waals surface area contributed by atoms with Crippen LogP contribution in [-0.2, 0) is 6.42 Å². The molecule has 2 aromatic rings. The van der Waals surface area contributed by atoms with Crippen molar-refractivity contribution in [3.05, 3.63) is 46.5 Å². The van der Waals surface area contributed by atoms with E-state index in [9.17, 15) is 0 Å². The summed E-state index contributed by atoms with van der Waals surface area (Å²) in [5.74, 6) is 0.486. The lowest BCUT2D eigenvalue weighted by molar-refractivity contribution is 0.691. The smallest absolute Gasteiger partial charge is 0.180 e. The molecule has 0 fully saturated rings. The average molecular weight is 202 g/mol. The minimum Gasteiger partial charge on any atom is -0.375 e. The molecule has 3 heteroatoms. The lowest BCUT2D eigenvalue weighted by atomic mass is 9.76. The molecule has 1 aliphatic rings. The summed E-state index contributed by atoms with van der Waals surface area (Å²) in [7, 11) is 0. The third-order valence-corrected chi connectivity index (χ3v) is 3.44. The van der Waals surface area contributed by atoms with Crippen LogP contribution in [0.2, 0.25) is 0 Å². The molecule has 0 spiro atoms. The number of hydrogen-bond acceptors (Lipinski definition) is 3. The molecule has 0 bridgehead atoms. The summed E-state index contributed by atoms with van der Waals surface area (Å²) < 4.78 is 0. The maximum atomic E-state index is 5.62. The van der Waals surface area contributed by atoms with E-state index in [1.807, 2.05) is 0 Å². The fourth-order valence-corrected chi connectivity index (χ4v) is 2.60. The van der Waals surface area contributed by atoms with E-state index in [1.165, 1.54) is 22.5 Å². The van der Waals surface area contributed by atoms with E-state index >= 15 is 0 Å². The number of thiazole rings is 1. The van der Waals surface area contributed by atoms with Crippen molar-refractivity contribution in [1.82, 2.24) is 4.98 Å². The molecule has 1 atom stereocenters. The van der Waals surface area contributed by atoms with Crippen LogP contribution in [0.15, 0.2) is 29.6 Å².